The molecule has 3 amide bonds. The molecular weight excluding hydrogens is 453 g/mol. The van der Waals surface area contributed by atoms with Crippen molar-refractivity contribution in [2.75, 3.05) is 13.7 Å². The fourth-order valence-electron chi connectivity index (χ4n) is 3.86. The summed E-state index contributed by atoms with van der Waals surface area (Å²) in [6, 6.07) is 15.1. The normalized spacial score (nSPS) is 14.4. The largest absolute Gasteiger partial charge is 0.489 e. The molecule has 0 spiro atoms. The van der Waals surface area contributed by atoms with Crippen molar-refractivity contribution in [3.8, 4) is 11.4 Å². The number of hydrogen-bond donors (Lipinski definition) is 1. The average molecular weight is 477 g/mol. The number of rotatable bonds is 7. The quantitative estimate of drug-likeness (QED) is 0.317. The monoisotopic (exact) mass is 477 g/mol. The first-order valence-electron chi connectivity index (χ1n) is 10.9. The van der Waals surface area contributed by atoms with Gasteiger partial charge in [-0.2, -0.15) is 0 Å². The van der Waals surface area contributed by atoms with Gasteiger partial charge < -0.3 is 19.4 Å². The lowest BCUT2D eigenvalue weighted by atomic mass is 10.2. The minimum atomic E-state index is -0.686. The smallest absolute Gasteiger partial charge is 0.329 e. The summed E-state index contributed by atoms with van der Waals surface area (Å²) in [5.74, 6) is -0.989. The molecule has 180 valence electrons. The molecular formula is C26H24FN3O5. The zero-order chi connectivity index (χ0) is 25.1. The van der Waals surface area contributed by atoms with Gasteiger partial charge in [0.2, 0.25) is 0 Å². The first-order valence-corrected chi connectivity index (χ1v) is 10.9. The SMILES string of the molecule is COC(=O)CN1C(=O)N/C(=C/c2cc(C)n(-c3ccc(OCc4ccccc4F)cc3)c2C)C1=O. The van der Waals surface area contributed by atoms with E-state index in [0.717, 1.165) is 27.5 Å². The third-order valence-electron chi connectivity index (χ3n) is 5.69. The summed E-state index contributed by atoms with van der Waals surface area (Å²) in [6.45, 7) is 3.49. The van der Waals surface area contributed by atoms with Crippen LogP contribution < -0.4 is 10.1 Å². The molecule has 2 heterocycles. The molecule has 1 fully saturated rings. The van der Waals surface area contributed by atoms with Crippen LogP contribution in [-0.4, -0.2) is 41.0 Å². The Bertz CT molecular complexity index is 1330. The molecule has 1 saturated heterocycles. The molecule has 3 aromatic rings. The van der Waals surface area contributed by atoms with Crippen LogP contribution in [0.3, 0.4) is 0 Å². The van der Waals surface area contributed by atoms with Crippen LogP contribution in [0, 0.1) is 19.7 Å². The Labute approximate surface area is 201 Å². The van der Waals surface area contributed by atoms with Crippen molar-refractivity contribution < 1.29 is 28.2 Å². The summed E-state index contributed by atoms with van der Waals surface area (Å²) < 4.78 is 26.1. The minimum Gasteiger partial charge on any atom is -0.489 e. The molecule has 0 atom stereocenters. The average Bonchev–Trinajstić information content (AvgIpc) is 3.27. The van der Waals surface area contributed by atoms with Crippen LogP contribution >= 0.6 is 0 Å². The molecule has 0 aliphatic carbocycles. The molecule has 0 unspecified atom stereocenters. The number of aryl methyl sites for hydroxylation is 1. The molecule has 4 rings (SSSR count). The number of nitrogens with one attached hydrogen (secondary N) is 1. The summed E-state index contributed by atoms with van der Waals surface area (Å²) in [5, 5.41) is 2.50. The maximum atomic E-state index is 13.8. The molecule has 1 aliphatic rings. The Morgan fingerprint density at radius 1 is 1.09 bits per heavy atom. The van der Waals surface area contributed by atoms with Crippen LogP contribution in [0.5, 0.6) is 5.75 Å². The van der Waals surface area contributed by atoms with Gasteiger partial charge in [0.05, 0.1) is 7.11 Å². The number of imide groups is 1. The van der Waals surface area contributed by atoms with Crippen LogP contribution in [0.25, 0.3) is 11.8 Å². The second-order valence-electron chi connectivity index (χ2n) is 7.99. The van der Waals surface area contributed by atoms with Crippen LogP contribution in [0.15, 0.2) is 60.3 Å². The zero-order valence-corrected chi connectivity index (χ0v) is 19.5. The predicted octanol–water partition coefficient (Wildman–Crippen LogP) is 3.88. The van der Waals surface area contributed by atoms with Crippen molar-refractivity contribution >= 4 is 24.0 Å². The number of ether oxygens (including phenoxy) is 2. The van der Waals surface area contributed by atoms with Gasteiger partial charge in [0, 0.05) is 22.6 Å². The lowest BCUT2D eigenvalue weighted by molar-refractivity contribution is -0.143. The lowest BCUT2D eigenvalue weighted by Crippen LogP contribution is -2.36. The third kappa shape index (κ3) is 4.93. The number of benzene rings is 2. The van der Waals surface area contributed by atoms with E-state index in [1.807, 2.05) is 36.6 Å². The maximum Gasteiger partial charge on any atom is 0.329 e. The van der Waals surface area contributed by atoms with E-state index in [1.54, 1.807) is 36.4 Å². The molecule has 0 saturated carbocycles. The van der Waals surface area contributed by atoms with Gasteiger partial charge >= 0.3 is 12.0 Å². The number of amides is 3. The van der Waals surface area contributed by atoms with Gasteiger partial charge in [0.1, 0.15) is 30.4 Å². The zero-order valence-electron chi connectivity index (χ0n) is 19.5. The summed E-state index contributed by atoms with van der Waals surface area (Å²) in [6.07, 6.45) is 1.59. The molecule has 2 aromatic carbocycles. The van der Waals surface area contributed by atoms with Gasteiger partial charge in [-0.1, -0.05) is 18.2 Å². The molecule has 8 nitrogen and oxygen atoms in total. The Morgan fingerprint density at radius 3 is 2.49 bits per heavy atom. The Balaban J connectivity index is 1.52. The van der Waals surface area contributed by atoms with Gasteiger partial charge in [-0.3, -0.25) is 9.59 Å². The summed E-state index contributed by atoms with van der Waals surface area (Å²) in [5.41, 5.74) is 3.94. The van der Waals surface area contributed by atoms with E-state index in [9.17, 15) is 18.8 Å². The van der Waals surface area contributed by atoms with E-state index < -0.39 is 24.5 Å². The highest BCUT2D eigenvalue weighted by atomic mass is 19.1. The first kappa shape index (κ1) is 23.7. The minimum absolute atomic E-state index is 0.0797. The highest BCUT2D eigenvalue weighted by Crippen LogP contribution is 2.25. The van der Waals surface area contributed by atoms with Gasteiger partial charge in [0.15, 0.2) is 0 Å². The Kier molecular flexibility index (Phi) is 6.68. The molecule has 0 bridgehead atoms. The fraction of sp³-hybridized carbons (Fsp3) is 0.192. The summed E-state index contributed by atoms with van der Waals surface area (Å²) >= 11 is 0. The Hall–Kier alpha value is -4.40. The number of hydrogen-bond acceptors (Lipinski definition) is 5. The van der Waals surface area contributed by atoms with E-state index in [1.165, 1.54) is 13.2 Å². The predicted molar refractivity (Wildman–Crippen MR) is 126 cm³/mol. The number of aromatic nitrogens is 1. The summed E-state index contributed by atoms with van der Waals surface area (Å²) in [7, 11) is 1.19. The van der Waals surface area contributed by atoms with Crippen molar-refractivity contribution in [3.05, 3.63) is 88.6 Å². The second-order valence-corrected chi connectivity index (χ2v) is 7.99. The van der Waals surface area contributed by atoms with E-state index >= 15 is 0 Å². The number of halogens is 1. The number of nitrogens with zero attached hydrogens (tertiary/aromatic N) is 2. The molecule has 0 radical (unpaired) electrons. The van der Waals surface area contributed by atoms with Crippen molar-refractivity contribution in [3.63, 3.8) is 0 Å². The summed E-state index contributed by atoms with van der Waals surface area (Å²) in [4.78, 5) is 37.0. The van der Waals surface area contributed by atoms with Crippen molar-refractivity contribution in [2.45, 2.75) is 20.5 Å². The first-order chi connectivity index (χ1) is 16.8. The topological polar surface area (TPSA) is 89.9 Å². The van der Waals surface area contributed by atoms with Gasteiger partial charge in [-0.05, 0) is 61.9 Å². The highest BCUT2D eigenvalue weighted by Gasteiger charge is 2.35. The molecule has 1 aromatic heterocycles. The number of methoxy groups -OCH3 is 1. The number of urea groups is 1. The van der Waals surface area contributed by atoms with E-state index in [0.29, 0.717) is 11.3 Å². The second kappa shape index (κ2) is 9.84. The van der Waals surface area contributed by atoms with E-state index in [-0.39, 0.29) is 18.1 Å². The third-order valence-corrected chi connectivity index (χ3v) is 5.69. The maximum absolute atomic E-state index is 13.8. The van der Waals surface area contributed by atoms with Crippen molar-refractivity contribution in [1.82, 2.24) is 14.8 Å². The van der Waals surface area contributed by atoms with Crippen molar-refractivity contribution in [2.24, 2.45) is 0 Å². The number of carbonyl (C=O) groups is 3. The highest BCUT2D eigenvalue weighted by molar-refractivity contribution is 6.15. The molecule has 1 aliphatic heterocycles. The van der Waals surface area contributed by atoms with E-state index in [4.69, 9.17) is 4.74 Å². The van der Waals surface area contributed by atoms with Gasteiger partial charge in [0.25, 0.3) is 5.91 Å². The van der Waals surface area contributed by atoms with Gasteiger partial charge in [-0.15, -0.1) is 0 Å². The number of carbonyl (C=O) groups excluding carboxylic acids is 3. The molecule has 9 heteroatoms. The van der Waals surface area contributed by atoms with E-state index in [2.05, 4.69) is 10.1 Å². The van der Waals surface area contributed by atoms with Crippen molar-refractivity contribution in [1.29, 1.82) is 0 Å². The molecule has 1 N–H and O–H groups in total. The molecule has 35 heavy (non-hydrogen) atoms. The van der Waals surface area contributed by atoms with Crippen LogP contribution in [0.1, 0.15) is 22.5 Å². The standard InChI is InChI=1S/C26H24FN3O5/c1-16-12-19(13-23-25(32)29(26(33)28-23)14-24(31)34-3)17(2)30(16)20-8-10-21(11-9-20)35-15-18-6-4-5-7-22(18)27/h4-13H,14-15H2,1-3H3,(H,28,33)/b23-13+. The van der Waals surface area contributed by atoms with Crippen LogP contribution in [-0.2, 0) is 20.9 Å². The van der Waals surface area contributed by atoms with Gasteiger partial charge in [-0.25, -0.2) is 14.1 Å². The van der Waals surface area contributed by atoms with Crippen LogP contribution in [0.4, 0.5) is 9.18 Å². The number of esters is 1. The Morgan fingerprint density at radius 2 is 1.80 bits per heavy atom. The lowest BCUT2D eigenvalue weighted by Gasteiger charge is -2.12. The fourth-order valence-corrected chi connectivity index (χ4v) is 3.86. The van der Waals surface area contributed by atoms with Crippen LogP contribution in [0.2, 0.25) is 0 Å².